The van der Waals surface area contributed by atoms with Crippen LogP contribution in [0.2, 0.25) is 5.02 Å². The molecule has 0 aliphatic rings. The van der Waals surface area contributed by atoms with Crippen molar-refractivity contribution in [3.63, 3.8) is 0 Å². The van der Waals surface area contributed by atoms with Gasteiger partial charge in [-0.15, -0.1) is 13.2 Å². The third-order valence-corrected chi connectivity index (χ3v) is 2.90. The van der Waals surface area contributed by atoms with Crippen LogP contribution in [-0.4, -0.2) is 17.4 Å². The van der Waals surface area contributed by atoms with Crippen LogP contribution in [0.4, 0.5) is 22.0 Å². The Morgan fingerprint density at radius 2 is 1.71 bits per heavy atom. The zero-order valence-electron chi connectivity index (χ0n) is 11.3. The van der Waals surface area contributed by atoms with Gasteiger partial charge in [0.25, 0.3) is 0 Å². The molecule has 0 radical (unpaired) electrons. The lowest BCUT2D eigenvalue weighted by atomic mass is 10.2. The first-order valence-corrected chi connectivity index (χ1v) is 6.40. The average Bonchev–Trinajstić information content (AvgIpc) is 2.44. The van der Waals surface area contributed by atoms with E-state index in [0.717, 1.165) is 18.2 Å². The summed E-state index contributed by atoms with van der Waals surface area (Å²) >= 11 is 5.59. The Balaban J connectivity index is 2.27. The van der Waals surface area contributed by atoms with Gasteiger partial charge >= 0.3 is 12.3 Å². The first-order chi connectivity index (χ1) is 11.1. The lowest BCUT2D eigenvalue weighted by Gasteiger charge is -2.12. The van der Waals surface area contributed by atoms with Crippen LogP contribution in [0.3, 0.4) is 0 Å². The number of benzene rings is 2. The van der Waals surface area contributed by atoms with Gasteiger partial charge in [-0.2, -0.15) is 0 Å². The SMILES string of the molecule is O=C(O)c1cc(F)c(Oc2ccc(OC(F)(F)F)c(Cl)c2)cc1F. The molecule has 1 N–H and O–H groups in total. The first-order valence-electron chi connectivity index (χ1n) is 6.02. The van der Waals surface area contributed by atoms with Crippen molar-refractivity contribution in [3.8, 4) is 17.2 Å². The predicted molar refractivity (Wildman–Crippen MR) is 71.5 cm³/mol. The maximum atomic E-state index is 13.7. The van der Waals surface area contributed by atoms with Crippen molar-refractivity contribution in [1.82, 2.24) is 0 Å². The summed E-state index contributed by atoms with van der Waals surface area (Å²) in [6.07, 6.45) is -4.95. The topological polar surface area (TPSA) is 55.8 Å². The van der Waals surface area contributed by atoms with Crippen LogP contribution >= 0.6 is 11.6 Å². The first kappa shape index (κ1) is 17.8. The number of carboxylic acid groups (broad SMARTS) is 1. The predicted octanol–water partition coefficient (Wildman–Crippen LogP) is 5.01. The van der Waals surface area contributed by atoms with Crippen molar-refractivity contribution < 1.29 is 41.3 Å². The molecule has 2 rings (SSSR count). The van der Waals surface area contributed by atoms with E-state index < -0.39 is 46.1 Å². The number of aromatic carboxylic acids is 1. The van der Waals surface area contributed by atoms with Gasteiger partial charge in [-0.25, -0.2) is 13.6 Å². The number of hydrogen-bond acceptors (Lipinski definition) is 3. The summed E-state index contributed by atoms with van der Waals surface area (Å²) in [4.78, 5) is 10.7. The standard InChI is InChI=1S/C14H6ClF5O4/c15-8-3-6(1-2-11(8)24-14(18,19)20)23-12-5-9(16)7(13(21)22)4-10(12)17/h1-5H,(H,21,22). The fourth-order valence-electron chi connectivity index (χ4n) is 1.65. The van der Waals surface area contributed by atoms with E-state index in [-0.39, 0.29) is 5.75 Å². The number of halogens is 6. The normalized spacial score (nSPS) is 11.2. The molecule has 0 atom stereocenters. The smallest absolute Gasteiger partial charge is 0.478 e. The third kappa shape index (κ3) is 4.25. The second-order valence-corrected chi connectivity index (χ2v) is 4.72. The Morgan fingerprint density at radius 3 is 2.25 bits per heavy atom. The maximum absolute atomic E-state index is 13.7. The van der Waals surface area contributed by atoms with E-state index in [1.165, 1.54) is 0 Å². The minimum atomic E-state index is -4.95. The van der Waals surface area contributed by atoms with Crippen molar-refractivity contribution >= 4 is 17.6 Å². The Kier molecular flexibility index (Phi) is 4.83. The quantitative estimate of drug-likeness (QED) is 0.771. The van der Waals surface area contributed by atoms with Crippen molar-refractivity contribution in [1.29, 1.82) is 0 Å². The molecule has 2 aromatic rings. The fraction of sp³-hybridized carbons (Fsp3) is 0.0714. The summed E-state index contributed by atoms with van der Waals surface area (Å²) < 4.78 is 72.2. The molecule has 0 spiro atoms. The van der Waals surface area contributed by atoms with Gasteiger partial charge in [-0.1, -0.05) is 11.6 Å². The van der Waals surface area contributed by atoms with Crippen LogP contribution in [0.1, 0.15) is 10.4 Å². The second kappa shape index (κ2) is 6.52. The fourth-order valence-corrected chi connectivity index (χ4v) is 1.86. The third-order valence-electron chi connectivity index (χ3n) is 2.61. The van der Waals surface area contributed by atoms with Gasteiger partial charge < -0.3 is 14.6 Å². The van der Waals surface area contributed by atoms with E-state index in [1.54, 1.807) is 0 Å². The molecule has 0 bridgehead atoms. The molecule has 0 aliphatic carbocycles. The zero-order valence-corrected chi connectivity index (χ0v) is 12.1. The number of ether oxygens (including phenoxy) is 2. The van der Waals surface area contributed by atoms with Gasteiger partial charge in [0, 0.05) is 12.1 Å². The lowest BCUT2D eigenvalue weighted by molar-refractivity contribution is -0.274. The van der Waals surface area contributed by atoms with Gasteiger partial charge in [-0.05, 0) is 18.2 Å². The monoisotopic (exact) mass is 368 g/mol. The molecular formula is C14H6ClF5O4. The summed E-state index contributed by atoms with van der Waals surface area (Å²) in [7, 11) is 0. The van der Waals surface area contributed by atoms with Crippen LogP contribution in [0.15, 0.2) is 30.3 Å². The average molecular weight is 369 g/mol. The van der Waals surface area contributed by atoms with E-state index in [1.807, 2.05) is 0 Å². The number of carboxylic acids is 1. The second-order valence-electron chi connectivity index (χ2n) is 4.31. The molecule has 2 aromatic carbocycles. The Labute approximate surface area is 136 Å². The summed E-state index contributed by atoms with van der Waals surface area (Å²) in [6.45, 7) is 0. The van der Waals surface area contributed by atoms with Gasteiger partial charge in [0.1, 0.15) is 17.3 Å². The molecule has 10 heteroatoms. The molecule has 0 aromatic heterocycles. The summed E-state index contributed by atoms with van der Waals surface area (Å²) in [5, 5.41) is 8.18. The van der Waals surface area contributed by atoms with Gasteiger partial charge in [-0.3, -0.25) is 0 Å². The molecule has 0 heterocycles. The number of hydrogen-bond donors (Lipinski definition) is 1. The van der Waals surface area contributed by atoms with E-state index in [9.17, 15) is 26.7 Å². The minimum Gasteiger partial charge on any atom is -0.478 e. The Hall–Kier alpha value is -2.55. The van der Waals surface area contributed by atoms with E-state index in [2.05, 4.69) is 4.74 Å². The molecule has 0 unspecified atom stereocenters. The highest BCUT2D eigenvalue weighted by Gasteiger charge is 2.32. The zero-order chi connectivity index (χ0) is 18.1. The number of carbonyl (C=O) groups is 1. The van der Waals surface area contributed by atoms with E-state index in [0.29, 0.717) is 12.1 Å². The maximum Gasteiger partial charge on any atom is 0.573 e. The molecule has 0 aliphatic heterocycles. The highest BCUT2D eigenvalue weighted by molar-refractivity contribution is 6.32. The lowest BCUT2D eigenvalue weighted by Crippen LogP contribution is -2.17. The summed E-state index contributed by atoms with van der Waals surface area (Å²) in [5.41, 5.74) is -0.896. The molecular weight excluding hydrogens is 363 g/mol. The molecule has 0 amide bonds. The van der Waals surface area contributed by atoms with Crippen LogP contribution in [0, 0.1) is 11.6 Å². The summed E-state index contributed by atoms with van der Waals surface area (Å²) in [5.74, 6) is -5.68. The van der Waals surface area contributed by atoms with E-state index in [4.69, 9.17) is 21.4 Å². The molecule has 128 valence electrons. The Morgan fingerprint density at radius 1 is 1.04 bits per heavy atom. The molecule has 0 fully saturated rings. The highest BCUT2D eigenvalue weighted by Crippen LogP contribution is 2.35. The van der Waals surface area contributed by atoms with Gasteiger partial charge in [0.2, 0.25) is 0 Å². The van der Waals surface area contributed by atoms with Crippen LogP contribution in [0.25, 0.3) is 0 Å². The van der Waals surface area contributed by atoms with Crippen molar-refractivity contribution in [3.05, 3.63) is 52.6 Å². The molecule has 0 saturated heterocycles. The van der Waals surface area contributed by atoms with Crippen molar-refractivity contribution in [2.45, 2.75) is 6.36 Å². The van der Waals surface area contributed by atoms with Crippen LogP contribution in [0.5, 0.6) is 17.2 Å². The van der Waals surface area contributed by atoms with Crippen LogP contribution in [-0.2, 0) is 0 Å². The highest BCUT2D eigenvalue weighted by atomic mass is 35.5. The summed E-state index contributed by atoms with van der Waals surface area (Å²) in [6, 6.07) is 3.61. The minimum absolute atomic E-state index is 0.212. The van der Waals surface area contributed by atoms with Crippen molar-refractivity contribution in [2.75, 3.05) is 0 Å². The van der Waals surface area contributed by atoms with Gasteiger partial charge in [0.15, 0.2) is 11.6 Å². The molecule has 0 saturated carbocycles. The molecule has 24 heavy (non-hydrogen) atoms. The number of rotatable bonds is 4. The largest absolute Gasteiger partial charge is 0.573 e. The number of alkyl halides is 3. The van der Waals surface area contributed by atoms with Gasteiger partial charge in [0.05, 0.1) is 10.6 Å². The van der Waals surface area contributed by atoms with Crippen LogP contribution < -0.4 is 9.47 Å². The van der Waals surface area contributed by atoms with Crippen molar-refractivity contribution in [2.24, 2.45) is 0 Å². The Bertz CT molecular complexity index is 791. The van der Waals surface area contributed by atoms with E-state index >= 15 is 0 Å². The molecule has 4 nitrogen and oxygen atoms in total.